The molecule has 0 aromatic carbocycles. The summed E-state index contributed by atoms with van der Waals surface area (Å²) >= 11 is 0. The molecule has 0 radical (unpaired) electrons. The van der Waals surface area contributed by atoms with Crippen molar-refractivity contribution < 1.29 is 37.9 Å². The van der Waals surface area contributed by atoms with Crippen LogP contribution in [0.25, 0.3) is 0 Å². The third-order valence-electron chi connectivity index (χ3n) is 4.12. The fourth-order valence-corrected chi connectivity index (χ4v) is 2.36. The van der Waals surface area contributed by atoms with Crippen LogP contribution < -0.4 is 0 Å². The number of hydrogen-bond acceptors (Lipinski definition) is 8. The zero-order chi connectivity index (χ0) is 17.4. The molecule has 0 saturated carbocycles. The van der Waals surface area contributed by atoms with Gasteiger partial charge in [0.2, 0.25) is 0 Å². The molecular weight excluding hydrogens is 332 g/mol. The fraction of sp³-hybridized carbons (Fsp3) is 1.00. The Morgan fingerprint density at radius 2 is 1.08 bits per heavy atom. The lowest BCUT2D eigenvalue weighted by molar-refractivity contribution is -0.139. The lowest BCUT2D eigenvalue weighted by atomic mass is 9.92. The Morgan fingerprint density at radius 1 is 0.680 bits per heavy atom. The van der Waals surface area contributed by atoms with Crippen LogP contribution in [0.2, 0.25) is 0 Å². The van der Waals surface area contributed by atoms with Crippen molar-refractivity contribution in [2.45, 2.75) is 25.2 Å². The van der Waals surface area contributed by atoms with E-state index in [2.05, 4.69) is 0 Å². The molecule has 3 heterocycles. The smallest absolute Gasteiger partial charge is 0.146 e. The first-order valence-electron chi connectivity index (χ1n) is 9.03. The van der Waals surface area contributed by atoms with Crippen LogP contribution in [0.15, 0.2) is 0 Å². The van der Waals surface area contributed by atoms with Gasteiger partial charge in [0.05, 0.1) is 71.5 Å². The van der Waals surface area contributed by atoms with Gasteiger partial charge in [-0.1, -0.05) is 0 Å². The molecule has 0 spiro atoms. The van der Waals surface area contributed by atoms with Crippen molar-refractivity contribution in [3.8, 4) is 0 Å². The highest BCUT2D eigenvalue weighted by atomic mass is 16.7. The Balaban J connectivity index is 1.47. The van der Waals surface area contributed by atoms with Crippen molar-refractivity contribution in [3.63, 3.8) is 0 Å². The second-order valence-electron chi connectivity index (χ2n) is 6.87. The van der Waals surface area contributed by atoms with Crippen molar-refractivity contribution in [3.05, 3.63) is 0 Å². The molecule has 146 valence electrons. The van der Waals surface area contributed by atoms with Crippen molar-refractivity contribution >= 4 is 0 Å². The van der Waals surface area contributed by atoms with Gasteiger partial charge in [-0.3, -0.25) is 0 Å². The predicted octanol–water partition coefficient (Wildman–Crippen LogP) is 0.230. The minimum Gasteiger partial charge on any atom is -0.378 e. The summed E-state index contributed by atoms with van der Waals surface area (Å²) in [5.41, 5.74) is -0.393. The van der Waals surface area contributed by atoms with Crippen LogP contribution in [0, 0.1) is 5.41 Å². The summed E-state index contributed by atoms with van der Waals surface area (Å²) in [5, 5.41) is 0. The molecule has 25 heavy (non-hydrogen) atoms. The number of rotatable bonds is 17. The Labute approximate surface area is 148 Å². The van der Waals surface area contributed by atoms with E-state index in [1.807, 2.05) is 6.92 Å². The van der Waals surface area contributed by atoms with Gasteiger partial charge in [0.1, 0.15) is 25.1 Å². The van der Waals surface area contributed by atoms with Gasteiger partial charge in [-0.2, -0.15) is 0 Å². The molecule has 3 rings (SSSR count). The minimum absolute atomic E-state index is 0.226. The summed E-state index contributed by atoms with van der Waals surface area (Å²) in [5.74, 6) is 0. The van der Waals surface area contributed by atoms with E-state index in [1.54, 1.807) is 0 Å². The maximum absolute atomic E-state index is 5.86. The Morgan fingerprint density at radius 3 is 1.44 bits per heavy atom. The van der Waals surface area contributed by atoms with Crippen LogP contribution in [-0.2, 0) is 37.9 Å². The normalized spacial score (nSPS) is 29.4. The quantitative estimate of drug-likeness (QED) is 0.207. The fourth-order valence-electron chi connectivity index (χ4n) is 2.36. The van der Waals surface area contributed by atoms with E-state index in [0.717, 1.165) is 19.8 Å². The summed E-state index contributed by atoms with van der Waals surface area (Å²) in [4.78, 5) is 0. The van der Waals surface area contributed by atoms with Gasteiger partial charge in [0.25, 0.3) is 0 Å². The van der Waals surface area contributed by atoms with Crippen LogP contribution in [-0.4, -0.2) is 97.8 Å². The lowest BCUT2D eigenvalue weighted by Gasteiger charge is -2.32. The third-order valence-corrected chi connectivity index (χ3v) is 4.12. The maximum atomic E-state index is 5.86. The predicted molar refractivity (Wildman–Crippen MR) is 86.6 cm³/mol. The molecule has 0 aromatic heterocycles. The van der Waals surface area contributed by atoms with Gasteiger partial charge in [-0.05, 0) is 6.92 Å². The van der Waals surface area contributed by atoms with E-state index in [4.69, 9.17) is 37.9 Å². The molecule has 3 fully saturated rings. The standard InChI is InChI=1S/C17H30O8/c1-2-18-13-22-12-17(9-19-3-14-6-23-14,10-20-4-15-7-24-15)11-21-5-16-8-25-16/h14-16H,2-13H2,1H3. The number of hydrogen-bond donors (Lipinski definition) is 0. The van der Waals surface area contributed by atoms with E-state index >= 15 is 0 Å². The minimum atomic E-state index is -0.393. The van der Waals surface area contributed by atoms with Crippen molar-refractivity contribution in [2.24, 2.45) is 5.41 Å². The molecule has 0 aromatic rings. The highest BCUT2D eigenvalue weighted by Gasteiger charge is 2.36. The van der Waals surface area contributed by atoms with E-state index in [0.29, 0.717) is 52.9 Å². The molecule has 0 bridgehead atoms. The van der Waals surface area contributed by atoms with Crippen LogP contribution in [0.3, 0.4) is 0 Å². The molecular formula is C17H30O8. The molecule has 0 amide bonds. The molecule has 3 atom stereocenters. The van der Waals surface area contributed by atoms with Gasteiger partial charge < -0.3 is 37.9 Å². The molecule has 3 aliphatic rings. The number of ether oxygens (including phenoxy) is 8. The molecule has 0 aliphatic carbocycles. The van der Waals surface area contributed by atoms with Crippen LogP contribution in [0.4, 0.5) is 0 Å². The van der Waals surface area contributed by atoms with Gasteiger partial charge in [0.15, 0.2) is 0 Å². The second-order valence-corrected chi connectivity index (χ2v) is 6.87. The lowest BCUT2D eigenvalue weighted by Crippen LogP contribution is -2.43. The summed E-state index contributed by atoms with van der Waals surface area (Å²) < 4.78 is 44.2. The molecule has 0 N–H and O–H groups in total. The summed E-state index contributed by atoms with van der Waals surface area (Å²) in [6.07, 6.45) is 0.677. The molecule has 8 nitrogen and oxygen atoms in total. The Kier molecular flexibility index (Phi) is 7.88. The van der Waals surface area contributed by atoms with Gasteiger partial charge >= 0.3 is 0 Å². The van der Waals surface area contributed by atoms with E-state index in [1.165, 1.54) is 0 Å². The van der Waals surface area contributed by atoms with E-state index < -0.39 is 5.41 Å². The largest absolute Gasteiger partial charge is 0.378 e. The summed E-state index contributed by atoms with van der Waals surface area (Å²) in [7, 11) is 0. The maximum Gasteiger partial charge on any atom is 0.146 e. The first-order valence-corrected chi connectivity index (χ1v) is 9.03. The Hall–Kier alpha value is -0.320. The van der Waals surface area contributed by atoms with Crippen molar-refractivity contribution in [1.82, 2.24) is 0 Å². The van der Waals surface area contributed by atoms with Gasteiger partial charge in [0, 0.05) is 6.61 Å². The average molecular weight is 362 g/mol. The molecule has 3 unspecified atom stereocenters. The molecule has 3 saturated heterocycles. The monoisotopic (exact) mass is 362 g/mol. The summed E-state index contributed by atoms with van der Waals surface area (Å²) in [6.45, 7) is 8.79. The first kappa shape index (κ1) is 19.4. The summed E-state index contributed by atoms with van der Waals surface area (Å²) in [6, 6.07) is 0. The zero-order valence-corrected chi connectivity index (χ0v) is 15.0. The average Bonchev–Trinajstić information content (AvgIpc) is 3.46. The second kappa shape index (κ2) is 10.1. The van der Waals surface area contributed by atoms with Crippen molar-refractivity contribution in [2.75, 3.05) is 79.5 Å². The number of epoxide rings is 3. The zero-order valence-electron chi connectivity index (χ0n) is 15.0. The topological polar surface area (TPSA) is 83.7 Å². The van der Waals surface area contributed by atoms with Crippen molar-refractivity contribution in [1.29, 1.82) is 0 Å². The van der Waals surface area contributed by atoms with E-state index in [9.17, 15) is 0 Å². The van der Waals surface area contributed by atoms with Crippen LogP contribution in [0.1, 0.15) is 6.92 Å². The van der Waals surface area contributed by atoms with Gasteiger partial charge in [-0.25, -0.2) is 0 Å². The van der Waals surface area contributed by atoms with E-state index in [-0.39, 0.29) is 25.1 Å². The first-order chi connectivity index (χ1) is 12.3. The van der Waals surface area contributed by atoms with Crippen LogP contribution in [0.5, 0.6) is 0 Å². The Bertz CT molecular complexity index is 322. The SMILES string of the molecule is CCOCOCC(COCC1CO1)(COCC1CO1)COCC1CO1. The highest BCUT2D eigenvalue weighted by molar-refractivity contribution is 4.82. The van der Waals surface area contributed by atoms with Gasteiger partial charge in [-0.15, -0.1) is 0 Å². The highest BCUT2D eigenvalue weighted by Crippen LogP contribution is 2.24. The third kappa shape index (κ3) is 8.27. The molecule has 8 heteroatoms. The molecule has 3 aliphatic heterocycles. The van der Waals surface area contributed by atoms with Crippen LogP contribution >= 0.6 is 0 Å².